The van der Waals surface area contributed by atoms with Crippen LogP contribution < -0.4 is 5.73 Å². The van der Waals surface area contributed by atoms with Crippen LogP contribution in [0.25, 0.3) is 5.65 Å². The zero-order chi connectivity index (χ0) is 13.7. The molecule has 0 aliphatic rings. The van der Waals surface area contributed by atoms with Crippen LogP contribution in [0.1, 0.15) is 26.2 Å². The highest BCUT2D eigenvalue weighted by Crippen LogP contribution is 2.19. The number of rotatable bonds is 7. The number of pyridine rings is 1. The molecule has 1 atom stereocenters. The topological polar surface area (TPSA) is 76.4 Å². The minimum Gasteiger partial charge on any atom is -0.394 e. The number of aliphatic hydroxyl groups excluding tert-OH is 1. The van der Waals surface area contributed by atoms with Crippen molar-refractivity contribution in [1.82, 2.24) is 14.6 Å². The monoisotopic (exact) mass is 280 g/mol. The van der Waals surface area contributed by atoms with Crippen LogP contribution in [0.2, 0.25) is 0 Å². The molecule has 0 radical (unpaired) electrons. The number of nitrogens with zero attached hydrogens (tertiary/aromatic N) is 3. The first-order valence-corrected chi connectivity index (χ1v) is 7.43. The summed E-state index contributed by atoms with van der Waals surface area (Å²) in [4.78, 5) is 0. The lowest BCUT2D eigenvalue weighted by molar-refractivity contribution is 0.198. The van der Waals surface area contributed by atoms with Crippen LogP contribution in [-0.2, 0) is 0 Å². The third-order valence-corrected chi connectivity index (χ3v) is 4.05. The van der Waals surface area contributed by atoms with Crippen molar-refractivity contribution in [1.29, 1.82) is 0 Å². The minimum absolute atomic E-state index is 0.0367. The molecule has 19 heavy (non-hydrogen) atoms. The van der Waals surface area contributed by atoms with Crippen molar-refractivity contribution < 1.29 is 5.11 Å². The molecule has 3 N–H and O–H groups in total. The van der Waals surface area contributed by atoms with Gasteiger partial charge >= 0.3 is 0 Å². The molecule has 1 unspecified atom stereocenters. The summed E-state index contributed by atoms with van der Waals surface area (Å²) >= 11 is 1.70. The largest absolute Gasteiger partial charge is 0.394 e. The molecule has 0 aliphatic carbocycles. The third-order valence-electron chi connectivity index (χ3n) is 3.02. The van der Waals surface area contributed by atoms with E-state index in [-0.39, 0.29) is 6.61 Å². The molecule has 0 aliphatic heterocycles. The average Bonchev–Trinajstić information content (AvgIpc) is 2.82. The van der Waals surface area contributed by atoms with Gasteiger partial charge in [0.05, 0.1) is 6.61 Å². The molecule has 0 amide bonds. The van der Waals surface area contributed by atoms with E-state index in [1.807, 2.05) is 35.7 Å². The first-order valence-electron chi connectivity index (χ1n) is 6.45. The van der Waals surface area contributed by atoms with Crippen molar-refractivity contribution in [3.05, 3.63) is 24.4 Å². The van der Waals surface area contributed by atoms with Crippen LogP contribution >= 0.6 is 11.8 Å². The number of unbranched alkanes of at least 4 members (excludes halogenated alkanes) is 1. The number of aliphatic hydroxyl groups is 1. The second kappa shape index (κ2) is 6.36. The van der Waals surface area contributed by atoms with Crippen molar-refractivity contribution in [2.24, 2.45) is 5.73 Å². The van der Waals surface area contributed by atoms with Crippen molar-refractivity contribution in [3.63, 3.8) is 0 Å². The second-order valence-electron chi connectivity index (χ2n) is 5.03. The Balaban J connectivity index is 1.77. The van der Waals surface area contributed by atoms with Gasteiger partial charge in [-0.3, -0.25) is 4.40 Å². The smallest absolute Gasteiger partial charge is 0.195 e. The minimum atomic E-state index is -0.452. The van der Waals surface area contributed by atoms with E-state index >= 15 is 0 Å². The summed E-state index contributed by atoms with van der Waals surface area (Å²) in [6, 6.07) is 5.87. The van der Waals surface area contributed by atoms with Gasteiger partial charge in [0.15, 0.2) is 10.8 Å². The molecule has 2 rings (SSSR count). The summed E-state index contributed by atoms with van der Waals surface area (Å²) in [5, 5.41) is 18.3. The van der Waals surface area contributed by atoms with Crippen molar-refractivity contribution >= 4 is 17.4 Å². The van der Waals surface area contributed by atoms with Gasteiger partial charge in [-0.1, -0.05) is 24.2 Å². The number of thioether (sulfide) groups is 1. The quantitative estimate of drug-likeness (QED) is 0.596. The molecule has 2 aromatic heterocycles. The van der Waals surface area contributed by atoms with Crippen molar-refractivity contribution in [3.8, 4) is 0 Å². The van der Waals surface area contributed by atoms with E-state index in [0.29, 0.717) is 0 Å². The Morgan fingerprint density at radius 1 is 1.37 bits per heavy atom. The fourth-order valence-corrected chi connectivity index (χ4v) is 2.71. The first kappa shape index (κ1) is 14.3. The van der Waals surface area contributed by atoms with Gasteiger partial charge in [-0.15, -0.1) is 10.2 Å². The Labute approximate surface area is 117 Å². The lowest BCUT2D eigenvalue weighted by Crippen LogP contribution is -2.39. The van der Waals surface area contributed by atoms with Gasteiger partial charge in [0.2, 0.25) is 0 Å². The predicted molar refractivity (Wildman–Crippen MR) is 77.2 cm³/mol. The van der Waals surface area contributed by atoms with Gasteiger partial charge < -0.3 is 10.8 Å². The van der Waals surface area contributed by atoms with Crippen LogP contribution in [-0.4, -0.2) is 37.6 Å². The highest BCUT2D eigenvalue weighted by Gasteiger charge is 2.15. The maximum atomic E-state index is 9.07. The predicted octanol–water partition coefficient (Wildman–Crippen LogP) is 1.70. The Bertz CT molecular complexity index is 526. The van der Waals surface area contributed by atoms with E-state index in [0.717, 1.165) is 35.8 Å². The van der Waals surface area contributed by atoms with Gasteiger partial charge in [-0.25, -0.2) is 0 Å². The van der Waals surface area contributed by atoms with Crippen LogP contribution in [0.15, 0.2) is 29.6 Å². The Morgan fingerprint density at radius 3 is 3.00 bits per heavy atom. The normalized spacial score (nSPS) is 14.7. The zero-order valence-corrected chi connectivity index (χ0v) is 11.9. The van der Waals surface area contributed by atoms with Gasteiger partial charge in [-0.05, 0) is 31.9 Å². The van der Waals surface area contributed by atoms with Crippen LogP contribution in [0.5, 0.6) is 0 Å². The molecule has 0 saturated heterocycles. The highest BCUT2D eigenvalue weighted by molar-refractivity contribution is 7.99. The maximum Gasteiger partial charge on any atom is 0.195 e. The number of hydrogen-bond donors (Lipinski definition) is 2. The van der Waals surface area contributed by atoms with Gasteiger partial charge in [-0.2, -0.15) is 0 Å². The lowest BCUT2D eigenvalue weighted by atomic mass is 9.98. The van der Waals surface area contributed by atoms with Gasteiger partial charge in [0.1, 0.15) is 0 Å². The molecule has 5 nitrogen and oxygen atoms in total. The summed E-state index contributed by atoms with van der Waals surface area (Å²) in [5.41, 5.74) is 6.31. The summed E-state index contributed by atoms with van der Waals surface area (Å²) in [6.45, 7) is 1.92. The molecule has 0 spiro atoms. The molecule has 6 heteroatoms. The molecule has 2 heterocycles. The zero-order valence-electron chi connectivity index (χ0n) is 11.1. The molecule has 104 valence electrons. The van der Waals surface area contributed by atoms with Gasteiger partial charge in [0.25, 0.3) is 0 Å². The highest BCUT2D eigenvalue weighted by atomic mass is 32.2. The van der Waals surface area contributed by atoms with E-state index < -0.39 is 5.54 Å². The molecular formula is C13H20N4OS. The second-order valence-corrected chi connectivity index (χ2v) is 6.09. The fraction of sp³-hybridized carbons (Fsp3) is 0.538. The van der Waals surface area contributed by atoms with E-state index in [1.54, 1.807) is 11.8 Å². The van der Waals surface area contributed by atoms with Crippen LogP contribution in [0.4, 0.5) is 0 Å². The summed E-state index contributed by atoms with van der Waals surface area (Å²) in [6.07, 6.45) is 4.88. The van der Waals surface area contributed by atoms with E-state index in [4.69, 9.17) is 10.8 Å². The third kappa shape index (κ3) is 3.92. The van der Waals surface area contributed by atoms with Crippen LogP contribution in [0, 0.1) is 0 Å². The van der Waals surface area contributed by atoms with E-state index in [9.17, 15) is 0 Å². The molecule has 0 bridgehead atoms. The van der Waals surface area contributed by atoms with Gasteiger partial charge in [0, 0.05) is 17.5 Å². The van der Waals surface area contributed by atoms with Crippen molar-refractivity contribution in [2.75, 3.05) is 12.4 Å². The fourth-order valence-electron chi connectivity index (χ4n) is 1.79. The first-order chi connectivity index (χ1) is 9.12. The Morgan fingerprint density at radius 2 is 2.21 bits per heavy atom. The van der Waals surface area contributed by atoms with Crippen molar-refractivity contribution in [2.45, 2.75) is 36.9 Å². The average molecular weight is 280 g/mol. The SMILES string of the molecule is CC(N)(CO)CCCCSc1nnc2ccccn12. The Kier molecular flexibility index (Phi) is 4.79. The number of fused-ring (bicyclic) bond motifs is 1. The molecule has 0 saturated carbocycles. The van der Waals surface area contributed by atoms with E-state index in [1.165, 1.54) is 0 Å². The lowest BCUT2D eigenvalue weighted by Gasteiger charge is -2.20. The van der Waals surface area contributed by atoms with Crippen LogP contribution in [0.3, 0.4) is 0 Å². The number of hydrogen-bond acceptors (Lipinski definition) is 5. The summed E-state index contributed by atoms with van der Waals surface area (Å²) in [7, 11) is 0. The molecule has 0 fully saturated rings. The number of aromatic nitrogens is 3. The molecule has 0 aromatic carbocycles. The summed E-state index contributed by atoms with van der Waals surface area (Å²) < 4.78 is 1.99. The summed E-state index contributed by atoms with van der Waals surface area (Å²) in [5.74, 6) is 0.983. The molecular weight excluding hydrogens is 260 g/mol. The number of nitrogens with two attached hydrogens (primary N) is 1. The maximum absolute atomic E-state index is 9.07. The Hall–Kier alpha value is -1.11. The molecule has 2 aromatic rings. The van der Waals surface area contributed by atoms with E-state index in [2.05, 4.69) is 10.2 Å². The standard InChI is InChI=1S/C13H20N4OS/c1-13(14,10-18)7-3-5-9-19-12-16-15-11-6-2-4-8-17(11)12/h2,4,6,8,18H,3,5,7,9-10,14H2,1H3.